The number of allylic oxidation sites excluding steroid dienone is 2. The summed E-state index contributed by atoms with van der Waals surface area (Å²) in [5.74, 6) is 3.37. The van der Waals surface area contributed by atoms with Gasteiger partial charge in [-0.25, -0.2) is 0 Å². The lowest BCUT2D eigenvalue weighted by Gasteiger charge is -2.12. The minimum absolute atomic E-state index is 0.842. The topological polar surface area (TPSA) is 0 Å². The third-order valence-corrected chi connectivity index (χ3v) is 9.03. The molecular formula is C33H34. The van der Waals surface area contributed by atoms with Crippen molar-refractivity contribution in [2.45, 2.75) is 94.3 Å². The summed E-state index contributed by atoms with van der Waals surface area (Å²) in [5.41, 5.74) is 16.1. The first-order chi connectivity index (χ1) is 16.3. The van der Waals surface area contributed by atoms with Crippen molar-refractivity contribution in [3.8, 4) is 0 Å². The Bertz CT molecular complexity index is 1110. The largest absolute Gasteiger partial charge is 0.0611 e. The van der Waals surface area contributed by atoms with E-state index in [1.807, 2.05) is 0 Å². The highest BCUT2D eigenvalue weighted by Gasteiger charge is 2.35. The summed E-state index contributed by atoms with van der Waals surface area (Å²) in [5, 5.41) is 0. The lowest BCUT2D eigenvalue weighted by molar-refractivity contribution is 0.823. The number of benzene rings is 2. The molecule has 4 saturated carbocycles. The van der Waals surface area contributed by atoms with Gasteiger partial charge in [0.2, 0.25) is 0 Å². The quantitative estimate of drug-likeness (QED) is 0.392. The van der Waals surface area contributed by atoms with Crippen molar-refractivity contribution < 1.29 is 0 Å². The molecule has 166 valence electrons. The van der Waals surface area contributed by atoms with E-state index in [2.05, 4.69) is 49.3 Å². The van der Waals surface area contributed by atoms with Crippen LogP contribution in [0, 0.1) is 12.8 Å². The molecule has 6 aliphatic rings. The fourth-order valence-electron chi connectivity index (χ4n) is 6.60. The zero-order chi connectivity index (χ0) is 21.5. The van der Waals surface area contributed by atoms with Gasteiger partial charge in [-0.05, 0) is 139 Å². The molecule has 2 aromatic rings. The standard InChI is InChI=1S/C33H34/c1(2-20-16-30-26(22-4-5-22)12-13-27(23-6-7-23)31(30)17-20)3-21-18-32-28(24-8-9-24)14-15-29(25-10-11-25)33(32)19-21/h12-19,22-25H,1-11H2. The van der Waals surface area contributed by atoms with Crippen LogP contribution in [-0.4, -0.2) is 0 Å². The molecule has 0 nitrogen and oxygen atoms in total. The normalized spacial score (nSPS) is 23.4. The Hall–Kier alpha value is -2.08. The molecule has 0 heterocycles. The van der Waals surface area contributed by atoms with Crippen LogP contribution >= 0.6 is 0 Å². The fourth-order valence-corrected chi connectivity index (χ4v) is 6.60. The average Bonchev–Trinajstić information content (AvgIpc) is 3.66. The fraction of sp³-hybridized carbons (Fsp3) is 0.455. The predicted octanol–water partition coefficient (Wildman–Crippen LogP) is 8.97. The molecule has 2 radical (unpaired) electrons. The second-order valence-corrected chi connectivity index (χ2v) is 11.8. The van der Waals surface area contributed by atoms with Crippen LogP contribution in [0.5, 0.6) is 0 Å². The van der Waals surface area contributed by atoms with Crippen LogP contribution in [0.1, 0.15) is 139 Å². The van der Waals surface area contributed by atoms with Gasteiger partial charge in [-0.1, -0.05) is 47.6 Å². The van der Waals surface area contributed by atoms with Crippen LogP contribution in [-0.2, 0) is 0 Å². The average molecular weight is 431 g/mol. The highest BCUT2D eigenvalue weighted by atomic mass is 14.4. The molecule has 33 heavy (non-hydrogen) atoms. The molecule has 0 aromatic heterocycles. The maximum Gasteiger partial charge on any atom is 0.0167 e. The van der Waals surface area contributed by atoms with Gasteiger partial charge < -0.3 is 0 Å². The van der Waals surface area contributed by atoms with Crippen molar-refractivity contribution >= 4 is 12.2 Å². The van der Waals surface area contributed by atoms with Crippen LogP contribution in [0.15, 0.2) is 35.4 Å². The number of hydrogen-bond acceptors (Lipinski definition) is 0. The van der Waals surface area contributed by atoms with E-state index in [-0.39, 0.29) is 0 Å². The SMILES string of the molecule is [CH]1C(CCCC2=Cc3c(C4CC4)ccc(C4CC4)c3[CH]2)=Cc2c(C3CC3)ccc(C3CC3)c21. The summed E-state index contributed by atoms with van der Waals surface area (Å²) >= 11 is 0. The number of hydrogen-bond donors (Lipinski definition) is 0. The zero-order valence-electron chi connectivity index (χ0n) is 19.7. The molecule has 0 N–H and O–H groups in total. The lowest BCUT2D eigenvalue weighted by atomic mass is 9.92. The zero-order valence-corrected chi connectivity index (χ0v) is 19.7. The predicted molar refractivity (Wildman–Crippen MR) is 137 cm³/mol. The van der Waals surface area contributed by atoms with Gasteiger partial charge in [0.1, 0.15) is 0 Å². The summed E-state index contributed by atoms with van der Waals surface area (Å²) in [4.78, 5) is 0. The first kappa shape index (κ1) is 19.2. The minimum atomic E-state index is 0.842. The van der Waals surface area contributed by atoms with Crippen molar-refractivity contribution in [2.75, 3.05) is 0 Å². The van der Waals surface area contributed by atoms with Gasteiger partial charge in [0.25, 0.3) is 0 Å². The van der Waals surface area contributed by atoms with Crippen LogP contribution in [0.4, 0.5) is 0 Å². The maximum absolute atomic E-state index is 2.56. The van der Waals surface area contributed by atoms with E-state index in [0.29, 0.717) is 0 Å². The highest BCUT2D eigenvalue weighted by molar-refractivity contribution is 5.76. The van der Waals surface area contributed by atoms with Gasteiger partial charge in [-0.15, -0.1) is 0 Å². The van der Waals surface area contributed by atoms with Crippen LogP contribution in [0.3, 0.4) is 0 Å². The summed E-state index contributed by atoms with van der Waals surface area (Å²) < 4.78 is 0. The van der Waals surface area contributed by atoms with E-state index >= 15 is 0 Å². The second-order valence-electron chi connectivity index (χ2n) is 11.8. The van der Waals surface area contributed by atoms with Gasteiger partial charge in [0.15, 0.2) is 0 Å². The molecule has 8 rings (SSSR count). The van der Waals surface area contributed by atoms with Crippen molar-refractivity contribution in [3.05, 3.63) is 92.8 Å². The molecule has 0 bridgehead atoms. The molecule has 0 saturated heterocycles. The van der Waals surface area contributed by atoms with Crippen LogP contribution in [0.25, 0.3) is 12.2 Å². The second kappa shape index (κ2) is 7.21. The van der Waals surface area contributed by atoms with E-state index in [9.17, 15) is 0 Å². The van der Waals surface area contributed by atoms with Gasteiger partial charge in [0.05, 0.1) is 0 Å². The molecule has 0 spiro atoms. The van der Waals surface area contributed by atoms with Gasteiger partial charge >= 0.3 is 0 Å². The Morgan fingerprint density at radius 1 is 0.455 bits per heavy atom. The van der Waals surface area contributed by atoms with Crippen molar-refractivity contribution in [2.24, 2.45) is 0 Å². The molecule has 0 heteroatoms. The van der Waals surface area contributed by atoms with Crippen molar-refractivity contribution in [1.29, 1.82) is 0 Å². The molecule has 4 fully saturated rings. The Morgan fingerprint density at radius 3 is 1.12 bits per heavy atom. The van der Waals surface area contributed by atoms with E-state index in [0.717, 1.165) is 23.7 Å². The molecule has 0 atom stereocenters. The van der Waals surface area contributed by atoms with E-state index < -0.39 is 0 Å². The molecule has 2 aromatic carbocycles. The van der Waals surface area contributed by atoms with E-state index in [1.165, 1.54) is 70.6 Å². The minimum Gasteiger partial charge on any atom is -0.0611 e. The first-order valence-corrected chi connectivity index (χ1v) is 13.8. The summed E-state index contributed by atoms with van der Waals surface area (Å²) in [6, 6.07) is 9.90. The van der Waals surface area contributed by atoms with Crippen molar-refractivity contribution in [1.82, 2.24) is 0 Å². The van der Waals surface area contributed by atoms with E-state index in [4.69, 9.17) is 0 Å². The Balaban J connectivity index is 0.982. The first-order valence-electron chi connectivity index (χ1n) is 13.8. The van der Waals surface area contributed by atoms with Gasteiger partial charge in [-0.2, -0.15) is 0 Å². The lowest BCUT2D eigenvalue weighted by Crippen LogP contribution is -1.95. The van der Waals surface area contributed by atoms with Gasteiger partial charge in [0, 0.05) is 12.8 Å². The monoisotopic (exact) mass is 430 g/mol. The van der Waals surface area contributed by atoms with Crippen molar-refractivity contribution in [3.63, 3.8) is 0 Å². The smallest absolute Gasteiger partial charge is 0.0167 e. The Morgan fingerprint density at radius 2 is 0.788 bits per heavy atom. The highest BCUT2D eigenvalue weighted by Crippen LogP contribution is 2.52. The Kier molecular flexibility index (Phi) is 4.20. The molecule has 0 unspecified atom stereocenters. The molecule has 0 amide bonds. The number of rotatable bonds is 8. The third kappa shape index (κ3) is 3.48. The van der Waals surface area contributed by atoms with E-state index in [1.54, 1.807) is 55.7 Å². The molecular weight excluding hydrogens is 396 g/mol. The summed E-state index contributed by atoms with van der Waals surface area (Å²) in [6.07, 6.45) is 25.1. The maximum atomic E-state index is 2.56. The summed E-state index contributed by atoms with van der Waals surface area (Å²) in [6.45, 7) is 0. The Labute approximate surface area is 199 Å². The number of fused-ring (bicyclic) bond motifs is 2. The van der Waals surface area contributed by atoms with Gasteiger partial charge in [-0.3, -0.25) is 0 Å². The third-order valence-electron chi connectivity index (χ3n) is 9.03. The molecule has 0 aliphatic heterocycles. The van der Waals surface area contributed by atoms with Crippen LogP contribution < -0.4 is 0 Å². The van der Waals surface area contributed by atoms with Crippen LogP contribution in [0.2, 0.25) is 0 Å². The summed E-state index contributed by atoms with van der Waals surface area (Å²) in [7, 11) is 0. The molecule has 6 aliphatic carbocycles.